The number of hydrogen-bond donors (Lipinski definition) is 2. The fourth-order valence-corrected chi connectivity index (χ4v) is 5.12. The monoisotopic (exact) mass is 302 g/mol. The maximum Gasteiger partial charge on any atom is 0.0619 e. The van der Waals surface area contributed by atoms with Crippen LogP contribution in [0.15, 0.2) is 18.2 Å². The van der Waals surface area contributed by atoms with Crippen molar-refractivity contribution in [3.05, 3.63) is 34.9 Å². The minimum atomic E-state index is -0.382. The molecule has 2 heteroatoms. The molecule has 0 bridgehead atoms. The first-order valence-electron chi connectivity index (χ1n) is 8.75. The minimum absolute atomic E-state index is 0.0772. The Morgan fingerprint density at radius 1 is 1.23 bits per heavy atom. The normalized spacial score (nSPS) is 37.8. The standard InChI is InChI=1S/C20H30O2/c1-13(2)14-5-7-16-15(11-14)6-8-17-19(16,3)10-9-18(22)20(17,4)12-21/h5,7,11,13,17-18,21-22H,6,8-10,12H2,1-4H3/t17?,18-,19+,20+/m0/s1. The van der Waals surface area contributed by atoms with Gasteiger partial charge in [-0.25, -0.2) is 0 Å². The van der Waals surface area contributed by atoms with E-state index in [1.807, 2.05) is 0 Å². The largest absolute Gasteiger partial charge is 0.396 e. The second-order valence-electron chi connectivity index (χ2n) is 8.30. The Bertz CT molecular complexity index is 565. The van der Waals surface area contributed by atoms with E-state index in [2.05, 4.69) is 45.9 Å². The Morgan fingerprint density at radius 3 is 2.59 bits per heavy atom. The van der Waals surface area contributed by atoms with Gasteiger partial charge in [0.05, 0.1) is 12.7 Å². The Hall–Kier alpha value is -0.860. The van der Waals surface area contributed by atoms with E-state index in [1.54, 1.807) is 0 Å². The molecule has 2 nitrogen and oxygen atoms in total. The van der Waals surface area contributed by atoms with Crippen LogP contribution in [-0.4, -0.2) is 22.9 Å². The highest BCUT2D eigenvalue weighted by atomic mass is 16.3. The van der Waals surface area contributed by atoms with E-state index in [4.69, 9.17) is 0 Å². The van der Waals surface area contributed by atoms with E-state index in [-0.39, 0.29) is 23.5 Å². The fourth-order valence-electron chi connectivity index (χ4n) is 5.12. The van der Waals surface area contributed by atoms with Gasteiger partial charge in [0.25, 0.3) is 0 Å². The van der Waals surface area contributed by atoms with Gasteiger partial charge in [-0.05, 0) is 59.6 Å². The molecule has 0 heterocycles. The summed E-state index contributed by atoms with van der Waals surface area (Å²) in [4.78, 5) is 0. The van der Waals surface area contributed by atoms with Crippen LogP contribution in [0.3, 0.4) is 0 Å². The minimum Gasteiger partial charge on any atom is -0.396 e. The summed E-state index contributed by atoms with van der Waals surface area (Å²) < 4.78 is 0. The van der Waals surface area contributed by atoms with Gasteiger partial charge in [0, 0.05) is 5.41 Å². The molecule has 2 aliphatic rings. The molecule has 122 valence electrons. The SMILES string of the molecule is CC(C)c1ccc2c(c1)CCC1[C@]2(C)CC[C@H](O)[C@]1(C)CO. The lowest BCUT2D eigenvalue weighted by Gasteiger charge is -2.56. The van der Waals surface area contributed by atoms with Crippen LogP contribution < -0.4 is 0 Å². The van der Waals surface area contributed by atoms with Gasteiger partial charge >= 0.3 is 0 Å². The van der Waals surface area contributed by atoms with Gasteiger partial charge in [0.15, 0.2) is 0 Å². The van der Waals surface area contributed by atoms with Gasteiger partial charge in [0.1, 0.15) is 0 Å². The van der Waals surface area contributed by atoms with Crippen molar-refractivity contribution in [2.24, 2.45) is 11.3 Å². The third kappa shape index (κ3) is 2.15. The maximum absolute atomic E-state index is 10.5. The Morgan fingerprint density at radius 2 is 1.95 bits per heavy atom. The summed E-state index contributed by atoms with van der Waals surface area (Å²) in [6.45, 7) is 9.00. The van der Waals surface area contributed by atoms with Crippen LogP contribution in [0.25, 0.3) is 0 Å². The van der Waals surface area contributed by atoms with Crippen LogP contribution in [0.1, 0.15) is 69.6 Å². The molecule has 1 fully saturated rings. The fraction of sp³-hybridized carbons (Fsp3) is 0.700. The molecule has 0 aromatic heterocycles. The average molecular weight is 302 g/mol. The Kier molecular flexibility index (Phi) is 3.89. The van der Waals surface area contributed by atoms with E-state index in [0.717, 1.165) is 25.7 Å². The molecule has 2 N–H and O–H groups in total. The van der Waals surface area contributed by atoms with Crippen LogP contribution >= 0.6 is 0 Å². The van der Waals surface area contributed by atoms with E-state index >= 15 is 0 Å². The second-order valence-corrected chi connectivity index (χ2v) is 8.30. The number of aryl methyl sites for hydroxylation is 1. The number of aliphatic hydroxyl groups excluding tert-OH is 2. The zero-order chi connectivity index (χ0) is 16.1. The molecule has 22 heavy (non-hydrogen) atoms. The first-order valence-corrected chi connectivity index (χ1v) is 8.75. The van der Waals surface area contributed by atoms with Gasteiger partial charge in [-0.1, -0.05) is 45.9 Å². The molecule has 1 unspecified atom stereocenters. The number of rotatable bonds is 2. The van der Waals surface area contributed by atoms with Gasteiger partial charge < -0.3 is 10.2 Å². The van der Waals surface area contributed by atoms with Crippen molar-refractivity contribution in [3.63, 3.8) is 0 Å². The summed E-state index contributed by atoms with van der Waals surface area (Å²) in [5, 5.41) is 20.5. The van der Waals surface area contributed by atoms with Gasteiger partial charge in [-0.15, -0.1) is 0 Å². The summed E-state index contributed by atoms with van der Waals surface area (Å²) in [5.41, 5.74) is 4.07. The van der Waals surface area contributed by atoms with Crippen molar-refractivity contribution in [1.82, 2.24) is 0 Å². The first-order chi connectivity index (χ1) is 10.3. The summed E-state index contributed by atoms with van der Waals surface area (Å²) in [5.74, 6) is 0.915. The molecule has 0 radical (unpaired) electrons. The van der Waals surface area contributed by atoms with Crippen molar-refractivity contribution in [1.29, 1.82) is 0 Å². The molecule has 0 saturated heterocycles. The smallest absolute Gasteiger partial charge is 0.0619 e. The maximum atomic E-state index is 10.5. The molecule has 2 aliphatic carbocycles. The molecule has 3 rings (SSSR count). The van der Waals surface area contributed by atoms with Crippen LogP contribution in [-0.2, 0) is 11.8 Å². The lowest BCUT2D eigenvalue weighted by atomic mass is 9.49. The van der Waals surface area contributed by atoms with Crippen LogP contribution in [0.5, 0.6) is 0 Å². The number of aliphatic hydroxyl groups is 2. The zero-order valence-corrected chi connectivity index (χ0v) is 14.4. The molecule has 1 aromatic rings. The molecule has 1 saturated carbocycles. The highest BCUT2D eigenvalue weighted by Crippen LogP contribution is 2.57. The summed E-state index contributed by atoms with van der Waals surface area (Å²) >= 11 is 0. The molecule has 0 aliphatic heterocycles. The number of fused-ring (bicyclic) bond motifs is 3. The average Bonchev–Trinajstić information content (AvgIpc) is 2.51. The van der Waals surface area contributed by atoms with Crippen LogP contribution in [0, 0.1) is 11.3 Å². The Balaban J connectivity index is 2.06. The lowest BCUT2D eigenvalue weighted by Crippen LogP contribution is -2.56. The van der Waals surface area contributed by atoms with E-state index < -0.39 is 0 Å². The predicted octanol–water partition coefficient (Wildman–Crippen LogP) is 3.78. The third-order valence-electron chi connectivity index (χ3n) is 6.72. The quantitative estimate of drug-likeness (QED) is 0.873. The number of benzene rings is 1. The lowest BCUT2D eigenvalue weighted by molar-refractivity contribution is -0.110. The van der Waals surface area contributed by atoms with Crippen molar-refractivity contribution in [2.75, 3.05) is 6.61 Å². The van der Waals surface area contributed by atoms with E-state index in [0.29, 0.717) is 11.8 Å². The molecule has 0 amide bonds. The zero-order valence-electron chi connectivity index (χ0n) is 14.4. The Labute approximate surface area is 134 Å². The van der Waals surface area contributed by atoms with Crippen molar-refractivity contribution in [3.8, 4) is 0 Å². The van der Waals surface area contributed by atoms with Crippen LogP contribution in [0.2, 0.25) is 0 Å². The van der Waals surface area contributed by atoms with Gasteiger partial charge in [-0.2, -0.15) is 0 Å². The molecule has 4 atom stereocenters. The summed E-state index contributed by atoms with van der Waals surface area (Å²) in [7, 11) is 0. The highest BCUT2D eigenvalue weighted by molar-refractivity contribution is 5.42. The van der Waals surface area contributed by atoms with Crippen molar-refractivity contribution >= 4 is 0 Å². The molecule has 1 aromatic carbocycles. The first kappa shape index (κ1) is 16.0. The van der Waals surface area contributed by atoms with Gasteiger partial charge in [-0.3, -0.25) is 0 Å². The molecule has 0 spiro atoms. The second kappa shape index (κ2) is 5.35. The van der Waals surface area contributed by atoms with Crippen molar-refractivity contribution in [2.45, 2.75) is 70.8 Å². The predicted molar refractivity (Wildman–Crippen MR) is 90.1 cm³/mol. The molecular weight excluding hydrogens is 272 g/mol. The van der Waals surface area contributed by atoms with E-state index in [9.17, 15) is 10.2 Å². The summed E-state index contributed by atoms with van der Waals surface area (Å²) in [6, 6.07) is 6.99. The topological polar surface area (TPSA) is 40.5 Å². The van der Waals surface area contributed by atoms with Crippen LogP contribution in [0.4, 0.5) is 0 Å². The third-order valence-corrected chi connectivity index (χ3v) is 6.72. The van der Waals surface area contributed by atoms with Crippen molar-refractivity contribution < 1.29 is 10.2 Å². The molecular formula is C20H30O2. The highest BCUT2D eigenvalue weighted by Gasteiger charge is 2.55. The van der Waals surface area contributed by atoms with Gasteiger partial charge in [0.2, 0.25) is 0 Å². The van der Waals surface area contributed by atoms with E-state index in [1.165, 1.54) is 16.7 Å². The number of hydrogen-bond acceptors (Lipinski definition) is 2. The summed E-state index contributed by atoms with van der Waals surface area (Å²) in [6.07, 6.45) is 3.56.